The molecule has 0 spiro atoms. The minimum atomic E-state index is -4.65. The number of nitrogens with one attached hydrogen (secondary N) is 1. The molecule has 0 atom stereocenters. The van der Waals surface area contributed by atoms with Gasteiger partial charge in [-0.1, -0.05) is 11.2 Å². The summed E-state index contributed by atoms with van der Waals surface area (Å²) >= 11 is 0. The molecule has 0 saturated heterocycles. The number of fused-ring (bicyclic) bond motifs is 1. The Morgan fingerprint density at radius 1 is 1.33 bits per heavy atom. The van der Waals surface area contributed by atoms with Crippen LogP contribution in [0.1, 0.15) is 22.5 Å². The fraction of sp³-hybridized carbons (Fsp3) is 0.267. The molecule has 1 aliphatic heterocycles. The number of rotatable bonds is 1. The van der Waals surface area contributed by atoms with E-state index in [-0.39, 0.29) is 5.82 Å². The molecule has 2 heterocycles. The van der Waals surface area contributed by atoms with Crippen molar-refractivity contribution in [2.24, 2.45) is 0 Å². The number of benzene rings is 1. The van der Waals surface area contributed by atoms with Gasteiger partial charge in [-0.25, -0.2) is 4.79 Å². The quantitative estimate of drug-likeness (QED) is 0.867. The number of hydrogen-bond donors (Lipinski definition) is 1. The average molecular weight is 336 g/mol. The molecule has 0 aliphatic carbocycles. The maximum Gasteiger partial charge on any atom is 0.452 e. The summed E-state index contributed by atoms with van der Waals surface area (Å²) < 4.78 is 41.5. The van der Waals surface area contributed by atoms with E-state index in [0.29, 0.717) is 31.1 Å². The Kier molecular flexibility index (Phi) is 3.89. The van der Waals surface area contributed by atoms with Gasteiger partial charge in [0.15, 0.2) is 5.82 Å². The van der Waals surface area contributed by atoms with Crippen LogP contribution in [0.5, 0.6) is 0 Å². The predicted octanol–water partition coefficient (Wildman–Crippen LogP) is 3.16. The first-order valence-electron chi connectivity index (χ1n) is 6.98. The van der Waals surface area contributed by atoms with Crippen LogP contribution in [-0.2, 0) is 19.1 Å². The number of nitriles is 1. The third-order valence-electron chi connectivity index (χ3n) is 3.66. The number of carbonyl (C=O) groups is 1. The van der Waals surface area contributed by atoms with Crippen molar-refractivity contribution in [3.05, 3.63) is 46.7 Å². The standard InChI is InChI=1S/C15H11F3N4O2/c16-15(17,18)12-6-13(21-24-12)20-14(23)22-4-3-10-5-9(7-19)1-2-11(10)8-22/h1-2,5-6H,3-4,8H2,(H,20,21,23). The normalized spacial score (nSPS) is 14.0. The fourth-order valence-electron chi connectivity index (χ4n) is 2.45. The van der Waals surface area contributed by atoms with Gasteiger partial charge < -0.3 is 9.42 Å². The predicted molar refractivity (Wildman–Crippen MR) is 75.8 cm³/mol. The molecule has 0 unspecified atom stereocenters. The smallest absolute Gasteiger partial charge is 0.349 e. The topological polar surface area (TPSA) is 82.2 Å². The lowest BCUT2D eigenvalue weighted by atomic mass is 9.98. The number of hydrogen-bond acceptors (Lipinski definition) is 4. The molecule has 1 aromatic carbocycles. The maximum absolute atomic E-state index is 12.4. The lowest BCUT2D eigenvalue weighted by molar-refractivity contribution is -0.155. The van der Waals surface area contributed by atoms with E-state index in [4.69, 9.17) is 5.26 Å². The van der Waals surface area contributed by atoms with E-state index in [1.165, 1.54) is 4.90 Å². The highest BCUT2D eigenvalue weighted by molar-refractivity contribution is 5.88. The van der Waals surface area contributed by atoms with E-state index in [0.717, 1.165) is 11.1 Å². The SMILES string of the molecule is N#Cc1ccc2c(c1)CCN(C(=O)Nc1cc(C(F)(F)F)on1)C2. The minimum Gasteiger partial charge on any atom is -0.349 e. The summed E-state index contributed by atoms with van der Waals surface area (Å²) in [6.45, 7) is 0.689. The summed E-state index contributed by atoms with van der Waals surface area (Å²) in [5.74, 6) is -1.57. The van der Waals surface area contributed by atoms with E-state index in [1.54, 1.807) is 18.2 Å². The number of halogens is 3. The molecule has 0 fully saturated rings. The molecule has 1 aromatic heterocycles. The van der Waals surface area contributed by atoms with Crippen LogP contribution in [-0.4, -0.2) is 22.6 Å². The Morgan fingerprint density at radius 2 is 2.12 bits per heavy atom. The van der Waals surface area contributed by atoms with Gasteiger partial charge in [0.2, 0.25) is 5.76 Å². The molecule has 1 N–H and O–H groups in total. The van der Waals surface area contributed by atoms with Gasteiger partial charge in [-0.15, -0.1) is 0 Å². The average Bonchev–Trinajstić information content (AvgIpc) is 3.02. The molecule has 9 heteroatoms. The summed E-state index contributed by atoms with van der Waals surface area (Å²) in [6, 6.07) is 7.33. The van der Waals surface area contributed by atoms with Crippen molar-refractivity contribution in [2.45, 2.75) is 19.1 Å². The summed E-state index contributed by atoms with van der Waals surface area (Å²) in [5.41, 5.74) is 2.43. The highest BCUT2D eigenvalue weighted by Gasteiger charge is 2.36. The molecule has 124 valence electrons. The molecule has 0 radical (unpaired) electrons. The van der Waals surface area contributed by atoms with E-state index in [2.05, 4.69) is 21.1 Å². The third-order valence-corrected chi connectivity index (χ3v) is 3.66. The number of carbonyl (C=O) groups excluding carboxylic acids is 1. The molecule has 6 nitrogen and oxygen atoms in total. The summed E-state index contributed by atoms with van der Waals surface area (Å²) in [7, 11) is 0. The van der Waals surface area contributed by atoms with Gasteiger partial charge in [0.1, 0.15) is 0 Å². The zero-order chi connectivity index (χ0) is 17.3. The van der Waals surface area contributed by atoms with Gasteiger partial charge >= 0.3 is 12.2 Å². The van der Waals surface area contributed by atoms with Crippen LogP contribution >= 0.6 is 0 Å². The van der Waals surface area contributed by atoms with Crippen molar-refractivity contribution in [3.8, 4) is 6.07 Å². The third kappa shape index (κ3) is 3.17. The van der Waals surface area contributed by atoms with Gasteiger partial charge in [-0.3, -0.25) is 5.32 Å². The van der Waals surface area contributed by atoms with E-state index >= 15 is 0 Å². The minimum absolute atomic E-state index is 0.294. The van der Waals surface area contributed by atoms with Crippen molar-refractivity contribution < 1.29 is 22.5 Å². The molecular formula is C15H11F3N4O2. The Balaban J connectivity index is 1.68. The molecule has 2 amide bonds. The first kappa shape index (κ1) is 15.9. The molecule has 1 aliphatic rings. The zero-order valence-corrected chi connectivity index (χ0v) is 12.2. The maximum atomic E-state index is 12.4. The summed E-state index contributed by atoms with van der Waals surface area (Å²) in [5, 5.41) is 14.4. The number of amides is 2. The van der Waals surface area contributed by atoms with Crippen molar-refractivity contribution in [1.82, 2.24) is 10.1 Å². The van der Waals surface area contributed by atoms with Crippen molar-refractivity contribution in [1.29, 1.82) is 5.26 Å². The molecule has 24 heavy (non-hydrogen) atoms. The van der Waals surface area contributed by atoms with Crippen molar-refractivity contribution >= 4 is 11.8 Å². The van der Waals surface area contributed by atoms with Gasteiger partial charge in [0, 0.05) is 19.2 Å². The Morgan fingerprint density at radius 3 is 2.79 bits per heavy atom. The van der Waals surface area contributed by atoms with Gasteiger partial charge in [-0.05, 0) is 29.7 Å². The highest BCUT2D eigenvalue weighted by atomic mass is 19.4. The molecule has 0 bridgehead atoms. The Labute approximate surface area is 134 Å². The Hall–Kier alpha value is -3.02. The van der Waals surface area contributed by atoms with Gasteiger partial charge in [0.05, 0.1) is 11.6 Å². The van der Waals surface area contributed by atoms with Crippen LogP contribution in [0.15, 0.2) is 28.8 Å². The van der Waals surface area contributed by atoms with Crippen molar-refractivity contribution in [3.63, 3.8) is 0 Å². The monoisotopic (exact) mass is 336 g/mol. The number of alkyl halides is 3. The second-order valence-electron chi connectivity index (χ2n) is 5.27. The highest BCUT2D eigenvalue weighted by Crippen LogP contribution is 2.30. The zero-order valence-electron chi connectivity index (χ0n) is 12.2. The van der Waals surface area contributed by atoms with Crippen LogP contribution in [0, 0.1) is 11.3 Å². The van der Waals surface area contributed by atoms with Crippen LogP contribution < -0.4 is 5.32 Å². The summed E-state index contributed by atoms with van der Waals surface area (Å²) in [4.78, 5) is 13.6. The van der Waals surface area contributed by atoms with E-state index in [1.807, 2.05) is 0 Å². The number of aromatic nitrogens is 1. The van der Waals surface area contributed by atoms with Gasteiger partial charge in [0.25, 0.3) is 0 Å². The van der Waals surface area contributed by atoms with E-state index < -0.39 is 18.0 Å². The lowest BCUT2D eigenvalue weighted by Crippen LogP contribution is -2.38. The molecule has 3 rings (SSSR count). The second-order valence-corrected chi connectivity index (χ2v) is 5.27. The Bertz CT molecular complexity index is 823. The van der Waals surface area contributed by atoms with Crippen molar-refractivity contribution in [2.75, 3.05) is 11.9 Å². The molecule has 0 saturated carbocycles. The van der Waals surface area contributed by atoms with E-state index in [9.17, 15) is 18.0 Å². The first-order valence-corrected chi connectivity index (χ1v) is 6.98. The number of anilines is 1. The van der Waals surface area contributed by atoms with Crippen LogP contribution in [0.2, 0.25) is 0 Å². The molecular weight excluding hydrogens is 325 g/mol. The lowest BCUT2D eigenvalue weighted by Gasteiger charge is -2.28. The largest absolute Gasteiger partial charge is 0.452 e. The second kappa shape index (κ2) is 5.88. The molecule has 2 aromatic rings. The number of nitrogens with zero attached hydrogens (tertiary/aromatic N) is 3. The first-order chi connectivity index (χ1) is 11.4. The van der Waals surface area contributed by atoms with Crippen LogP contribution in [0.25, 0.3) is 0 Å². The van der Waals surface area contributed by atoms with Crippen LogP contribution in [0.3, 0.4) is 0 Å². The van der Waals surface area contributed by atoms with Gasteiger partial charge in [-0.2, -0.15) is 18.4 Å². The fourth-order valence-corrected chi connectivity index (χ4v) is 2.45. The number of urea groups is 1. The summed E-state index contributed by atoms with van der Waals surface area (Å²) in [6.07, 6.45) is -4.09. The van der Waals surface area contributed by atoms with Crippen LogP contribution in [0.4, 0.5) is 23.8 Å².